The molecule has 9 rings (SSSR count). The molecule has 2 atom stereocenters. The van der Waals surface area contributed by atoms with Gasteiger partial charge in [-0.3, -0.25) is 9.80 Å². The summed E-state index contributed by atoms with van der Waals surface area (Å²) in [5.41, 5.74) is 8.61. The Kier molecular flexibility index (Phi) is 9.85. The SMILES string of the molecule is COc1ccc2cc1Oc1ccc(cc1)C[C@H]1c3cc(c(OC)cc3CCN1C)Oc1c(OC)c(OC)c(C#Cc3ccccc3)c3c1[C@H](C2)N(C)CC3. The predicted molar refractivity (Wildman–Crippen MR) is 210 cm³/mol. The number of ether oxygens (including phenoxy) is 6. The molecule has 8 heteroatoms. The molecular formula is C46H46N2O6. The van der Waals surface area contributed by atoms with Crippen LogP contribution < -0.4 is 28.4 Å². The first-order chi connectivity index (χ1) is 26.4. The standard InChI is InChI=1S/C46H46N2O6/c1-47-22-20-32-27-40(50-4)42-28-36(32)37(47)24-30-12-16-33(17-13-30)53-41-26-31(15-19-39(41)49-3)25-38-43-34(21-23-48(38)2)35(18-14-29-10-8-7-9-11-29)44(51-5)46(52-6)45(43)54-42/h7-13,15-17,19,26-28,37-38H,20-25H2,1-6H3/t37-,38-/m0/s1. The summed E-state index contributed by atoms with van der Waals surface area (Å²) >= 11 is 0. The molecule has 0 fully saturated rings. The fraction of sp³-hybridized carbons (Fsp3) is 0.304. The van der Waals surface area contributed by atoms with E-state index in [1.807, 2.05) is 48.5 Å². The molecule has 0 saturated heterocycles. The number of benzene rings is 5. The highest BCUT2D eigenvalue weighted by atomic mass is 16.5. The second-order valence-electron chi connectivity index (χ2n) is 14.2. The number of hydrogen-bond acceptors (Lipinski definition) is 8. The van der Waals surface area contributed by atoms with E-state index in [2.05, 4.69) is 72.1 Å². The molecule has 54 heavy (non-hydrogen) atoms. The van der Waals surface area contributed by atoms with Crippen molar-refractivity contribution in [3.05, 3.63) is 129 Å². The fourth-order valence-corrected chi connectivity index (χ4v) is 8.20. The minimum absolute atomic E-state index is 0.109. The zero-order valence-electron chi connectivity index (χ0n) is 31.8. The summed E-state index contributed by atoms with van der Waals surface area (Å²) in [6.07, 6.45) is 3.15. The molecule has 5 aromatic carbocycles. The van der Waals surface area contributed by atoms with E-state index in [-0.39, 0.29) is 12.1 Å². The van der Waals surface area contributed by atoms with E-state index >= 15 is 0 Å². The van der Waals surface area contributed by atoms with Crippen LogP contribution in [0.15, 0.2) is 84.9 Å². The summed E-state index contributed by atoms with van der Waals surface area (Å²) in [4.78, 5) is 4.81. The van der Waals surface area contributed by atoms with Crippen LogP contribution in [0.1, 0.15) is 56.6 Å². The molecule has 0 saturated carbocycles. The average Bonchev–Trinajstić information content (AvgIpc) is 3.19. The van der Waals surface area contributed by atoms with Gasteiger partial charge >= 0.3 is 0 Å². The number of nitrogens with zero attached hydrogens (tertiary/aromatic N) is 2. The van der Waals surface area contributed by atoms with Gasteiger partial charge < -0.3 is 28.4 Å². The van der Waals surface area contributed by atoms with E-state index < -0.39 is 0 Å². The minimum atomic E-state index is -0.109. The van der Waals surface area contributed by atoms with Crippen LogP contribution in [-0.2, 0) is 25.7 Å². The first-order valence-corrected chi connectivity index (χ1v) is 18.5. The van der Waals surface area contributed by atoms with Gasteiger partial charge in [0.15, 0.2) is 34.5 Å². The normalized spacial score (nSPS) is 17.7. The van der Waals surface area contributed by atoms with Gasteiger partial charge in [0.1, 0.15) is 5.75 Å². The van der Waals surface area contributed by atoms with Crippen LogP contribution in [0, 0.1) is 11.8 Å². The molecule has 4 heterocycles. The van der Waals surface area contributed by atoms with Crippen molar-refractivity contribution >= 4 is 0 Å². The van der Waals surface area contributed by atoms with Gasteiger partial charge in [0, 0.05) is 36.3 Å². The molecular weight excluding hydrogens is 677 g/mol. The molecule has 0 N–H and O–H groups in total. The molecule has 276 valence electrons. The fourth-order valence-electron chi connectivity index (χ4n) is 8.20. The van der Waals surface area contributed by atoms with Crippen molar-refractivity contribution in [1.82, 2.24) is 9.80 Å². The van der Waals surface area contributed by atoms with E-state index in [9.17, 15) is 0 Å². The Morgan fingerprint density at radius 3 is 2.06 bits per heavy atom. The minimum Gasteiger partial charge on any atom is -0.493 e. The second-order valence-corrected chi connectivity index (χ2v) is 14.2. The first-order valence-electron chi connectivity index (χ1n) is 18.5. The molecule has 0 radical (unpaired) electrons. The van der Waals surface area contributed by atoms with Gasteiger partial charge in [-0.1, -0.05) is 48.2 Å². The molecule has 0 aliphatic carbocycles. The lowest BCUT2D eigenvalue weighted by Crippen LogP contribution is -2.34. The third-order valence-corrected chi connectivity index (χ3v) is 11.1. The third-order valence-electron chi connectivity index (χ3n) is 11.1. The van der Waals surface area contributed by atoms with Crippen molar-refractivity contribution in [2.45, 2.75) is 37.8 Å². The quantitative estimate of drug-likeness (QED) is 0.171. The Bertz CT molecular complexity index is 2240. The molecule has 0 aromatic heterocycles. The maximum atomic E-state index is 7.20. The van der Waals surface area contributed by atoms with Crippen molar-refractivity contribution in [2.24, 2.45) is 0 Å². The predicted octanol–water partition coefficient (Wildman–Crippen LogP) is 8.56. The monoisotopic (exact) mass is 722 g/mol. The van der Waals surface area contributed by atoms with Crippen molar-refractivity contribution in [3.8, 4) is 57.8 Å². The number of methoxy groups -OCH3 is 4. The van der Waals surface area contributed by atoms with Crippen molar-refractivity contribution in [1.29, 1.82) is 0 Å². The van der Waals surface area contributed by atoms with Gasteiger partial charge in [-0.15, -0.1) is 0 Å². The van der Waals surface area contributed by atoms with Crippen molar-refractivity contribution in [2.75, 3.05) is 55.6 Å². The number of likely N-dealkylation sites (N-methyl/N-ethyl adjacent to an activating group) is 2. The van der Waals surface area contributed by atoms with Crippen molar-refractivity contribution in [3.63, 3.8) is 0 Å². The zero-order valence-corrected chi connectivity index (χ0v) is 31.8. The van der Waals surface area contributed by atoms with Crippen LogP contribution in [0.5, 0.6) is 46.0 Å². The molecule has 8 nitrogen and oxygen atoms in total. The maximum Gasteiger partial charge on any atom is 0.205 e. The van der Waals surface area contributed by atoms with Crippen LogP contribution in [0.3, 0.4) is 0 Å². The highest BCUT2D eigenvalue weighted by molar-refractivity contribution is 5.71. The van der Waals surface area contributed by atoms with Gasteiger partial charge in [-0.05, 0) is 116 Å². The lowest BCUT2D eigenvalue weighted by atomic mass is 9.84. The summed E-state index contributed by atoms with van der Waals surface area (Å²) in [5.74, 6) is 12.0. The first kappa shape index (κ1) is 35.4. The molecule has 6 bridgehead atoms. The van der Waals surface area contributed by atoms with Gasteiger partial charge in [-0.25, -0.2) is 0 Å². The summed E-state index contributed by atoms with van der Waals surface area (Å²) in [7, 11) is 11.1. The molecule has 0 unspecified atom stereocenters. The summed E-state index contributed by atoms with van der Waals surface area (Å²) in [5, 5.41) is 0. The molecule has 5 aromatic rings. The molecule has 4 aliphatic rings. The van der Waals surface area contributed by atoms with E-state index in [1.54, 1.807) is 28.4 Å². The van der Waals surface area contributed by atoms with E-state index in [4.69, 9.17) is 28.4 Å². The van der Waals surface area contributed by atoms with Crippen LogP contribution in [0.2, 0.25) is 0 Å². The lowest BCUT2D eigenvalue weighted by Gasteiger charge is -2.38. The number of rotatable bonds is 4. The number of fused-ring (bicyclic) bond motifs is 2. The highest BCUT2D eigenvalue weighted by Gasteiger charge is 2.37. The van der Waals surface area contributed by atoms with E-state index in [0.717, 1.165) is 65.9 Å². The zero-order chi connectivity index (χ0) is 37.3. The molecule has 0 amide bonds. The maximum absolute atomic E-state index is 7.20. The van der Waals surface area contributed by atoms with Crippen molar-refractivity contribution < 1.29 is 28.4 Å². The summed E-state index contributed by atoms with van der Waals surface area (Å²) in [6.45, 7) is 1.75. The summed E-state index contributed by atoms with van der Waals surface area (Å²) in [6, 6.07) is 28.9. The molecule has 4 aliphatic heterocycles. The van der Waals surface area contributed by atoms with Gasteiger partial charge in [0.05, 0.1) is 34.0 Å². The smallest absolute Gasteiger partial charge is 0.205 e. The van der Waals surface area contributed by atoms with Crippen LogP contribution in [-0.4, -0.2) is 65.4 Å². The van der Waals surface area contributed by atoms with Crippen LogP contribution in [0.4, 0.5) is 0 Å². The van der Waals surface area contributed by atoms with Gasteiger partial charge in [0.2, 0.25) is 5.75 Å². The third kappa shape index (κ3) is 6.59. The highest BCUT2D eigenvalue weighted by Crippen LogP contribution is 2.53. The second kappa shape index (κ2) is 15.0. The average molecular weight is 723 g/mol. The van der Waals surface area contributed by atoms with E-state index in [1.165, 1.54) is 16.7 Å². The lowest BCUT2D eigenvalue weighted by molar-refractivity contribution is 0.220. The Morgan fingerprint density at radius 2 is 1.31 bits per heavy atom. The van der Waals surface area contributed by atoms with Gasteiger partial charge in [-0.2, -0.15) is 0 Å². The number of hydrogen-bond donors (Lipinski definition) is 0. The Hall–Kier alpha value is -5.62. The Labute approximate surface area is 318 Å². The van der Waals surface area contributed by atoms with Gasteiger partial charge in [0.25, 0.3) is 0 Å². The molecule has 0 spiro atoms. The topological polar surface area (TPSA) is 61.9 Å². The van der Waals surface area contributed by atoms with Crippen LogP contribution in [0.25, 0.3) is 0 Å². The Balaban J connectivity index is 1.40. The Morgan fingerprint density at radius 1 is 0.630 bits per heavy atom. The van der Waals surface area contributed by atoms with Crippen LogP contribution >= 0.6 is 0 Å². The van der Waals surface area contributed by atoms with E-state index in [0.29, 0.717) is 46.7 Å². The largest absolute Gasteiger partial charge is 0.493 e. The summed E-state index contributed by atoms with van der Waals surface area (Å²) < 4.78 is 38.0.